The molecule has 0 aromatic rings. The summed E-state index contributed by atoms with van der Waals surface area (Å²) < 4.78 is 5.31. The molecule has 0 aliphatic carbocycles. The quantitative estimate of drug-likeness (QED) is 0.418. The van der Waals surface area contributed by atoms with Crippen LogP contribution in [-0.2, 0) is 9.53 Å². The van der Waals surface area contributed by atoms with E-state index in [4.69, 9.17) is 0 Å². The van der Waals surface area contributed by atoms with E-state index in [9.17, 15) is 4.79 Å². The zero-order chi connectivity index (χ0) is 7.28. The Labute approximate surface area is 68.4 Å². The van der Waals surface area contributed by atoms with E-state index in [1.807, 2.05) is 22.6 Å². The molecule has 0 bridgehead atoms. The molecule has 0 rings (SSSR count). The van der Waals surface area contributed by atoms with Gasteiger partial charge in [0.25, 0.3) is 0 Å². The van der Waals surface area contributed by atoms with Crippen LogP contribution in [0.1, 0.15) is 13.8 Å². The summed E-state index contributed by atoms with van der Waals surface area (Å²) in [6.45, 7) is 4.04. The van der Waals surface area contributed by atoms with Crippen molar-refractivity contribution in [3.05, 3.63) is 9.66 Å². The second kappa shape index (κ2) is 4.78. The van der Waals surface area contributed by atoms with Crippen LogP contribution in [0.5, 0.6) is 0 Å². The van der Waals surface area contributed by atoms with Crippen molar-refractivity contribution < 1.29 is 9.53 Å². The van der Waals surface area contributed by atoms with E-state index in [0.717, 1.165) is 0 Å². The molecule has 0 spiro atoms. The van der Waals surface area contributed by atoms with Gasteiger partial charge in [0.1, 0.15) is 0 Å². The van der Waals surface area contributed by atoms with E-state index in [0.29, 0.717) is 10.2 Å². The molecule has 0 heterocycles. The van der Waals surface area contributed by atoms with Crippen molar-refractivity contribution in [1.29, 1.82) is 0 Å². The fourth-order valence-corrected chi connectivity index (χ4v) is 0.474. The Balaban J connectivity index is 3.74. The number of allylic oxidation sites excluding steroid dienone is 1. The zero-order valence-corrected chi connectivity index (χ0v) is 7.64. The number of hydrogen-bond acceptors (Lipinski definition) is 2. The topological polar surface area (TPSA) is 26.3 Å². The highest BCUT2D eigenvalue weighted by molar-refractivity contribution is 14.1. The molecule has 0 unspecified atom stereocenters. The normalized spacial score (nSPS) is 11.2. The molecule has 0 aliphatic heterocycles. The highest BCUT2D eigenvalue weighted by Crippen LogP contribution is 2.06. The predicted octanol–water partition coefficient (Wildman–Crippen LogP) is 1.89. The van der Waals surface area contributed by atoms with E-state index in [2.05, 4.69) is 4.74 Å². The molecule has 0 fully saturated rings. The minimum atomic E-state index is -0.236. The van der Waals surface area contributed by atoms with Crippen LogP contribution in [0, 0.1) is 0 Å². The second-order valence-corrected chi connectivity index (χ2v) is 2.52. The SMILES string of the molecule is C/C=C(\I)C(=O)OCC. The molecular formula is C6H9IO2. The fraction of sp³-hybridized carbons (Fsp3) is 0.500. The second-order valence-electron chi connectivity index (χ2n) is 1.36. The summed E-state index contributed by atoms with van der Waals surface area (Å²) in [6.07, 6.45) is 1.72. The first-order chi connectivity index (χ1) is 4.22. The molecule has 0 atom stereocenters. The van der Waals surface area contributed by atoms with Gasteiger partial charge in [-0.1, -0.05) is 6.08 Å². The summed E-state index contributed by atoms with van der Waals surface area (Å²) in [5.41, 5.74) is 0. The van der Waals surface area contributed by atoms with Crippen molar-refractivity contribution >= 4 is 28.6 Å². The number of ether oxygens (including phenoxy) is 1. The van der Waals surface area contributed by atoms with Crippen molar-refractivity contribution in [3.8, 4) is 0 Å². The zero-order valence-electron chi connectivity index (χ0n) is 5.48. The van der Waals surface area contributed by atoms with Crippen molar-refractivity contribution in [2.24, 2.45) is 0 Å². The van der Waals surface area contributed by atoms with E-state index in [1.54, 1.807) is 19.9 Å². The Kier molecular flexibility index (Phi) is 4.75. The van der Waals surface area contributed by atoms with Gasteiger partial charge in [-0.25, -0.2) is 4.79 Å². The van der Waals surface area contributed by atoms with Gasteiger partial charge < -0.3 is 4.74 Å². The first-order valence-corrected chi connectivity index (χ1v) is 3.79. The minimum Gasteiger partial charge on any atom is -0.462 e. The van der Waals surface area contributed by atoms with Gasteiger partial charge in [0.15, 0.2) is 0 Å². The molecule has 0 saturated heterocycles. The van der Waals surface area contributed by atoms with E-state index in [1.165, 1.54) is 0 Å². The van der Waals surface area contributed by atoms with Gasteiger partial charge in [-0.3, -0.25) is 0 Å². The summed E-state index contributed by atoms with van der Waals surface area (Å²) in [5, 5.41) is 0. The lowest BCUT2D eigenvalue weighted by Crippen LogP contribution is -2.02. The Morgan fingerprint density at radius 2 is 2.33 bits per heavy atom. The van der Waals surface area contributed by atoms with Crippen LogP contribution in [0.3, 0.4) is 0 Å². The van der Waals surface area contributed by atoms with Crippen LogP contribution in [0.4, 0.5) is 0 Å². The first-order valence-electron chi connectivity index (χ1n) is 2.71. The Bertz CT molecular complexity index is 129. The summed E-state index contributed by atoms with van der Waals surface area (Å²) in [4.78, 5) is 10.7. The molecule has 2 nitrogen and oxygen atoms in total. The maximum Gasteiger partial charge on any atom is 0.343 e. The Morgan fingerprint density at radius 1 is 1.78 bits per heavy atom. The molecule has 0 N–H and O–H groups in total. The fourth-order valence-electron chi connectivity index (χ4n) is 0.318. The monoisotopic (exact) mass is 240 g/mol. The molecule has 0 aliphatic rings. The summed E-state index contributed by atoms with van der Waals surface area (Å²) in [6, 6.07) is 0. The van der Waals surface area contributed by atoms with Gasteiger partial charge in [0.2, 0.25) is 0 Å². The van der Waals surface area contributed by atoms with Gasteiger partial charge in [0.05, 0.1) is 10.2 Å². The van der Waals surface area contributed by atoms with Crippen LogP contribution < -0.4 is 0 Å². The average molecular weight is 240 g/mol. The van der Waals surface area contributed by atoms with E-state index in [-0.39, 0.29) is 5.97 Å². The maximum absolute atomic E-state index is 10.7. The van der Waals surface area contributed by atoms with E-state index >= 15 is 0 Å². The Hall–Kier alpha value is -0.0600. The highest BCUT2D eigenvalue weighted by Gasteiger charge is 2.02. The summed E-state index contributed by atoms with van der Waals surface area (Å²) in [5.74, 6) is -0.236. The standard InChI is InChI=1S/C6H9IO2/c1-3-5(7)6(8)9-4-2/h3H,4H2,1-2H3/b5-3-. The third-order valence-electron chi connectivity index (χ3n) is 0.724. The molecule has 0 radical (unpaired) electrons. The highest BCUT2D eigenvalue weighted by atomic mass is 127. The number of carbonyl (C=O) groups is 1. The number of rotatable bonds is 2. The lowest BCUT2D eigenvalue weighted by molar-refractivity contribution is -0.137. The van der Waals surface area contributed by atoms with Gasteiger partial charge in [-0.05, 0) is 36.4 Å². The van der Waals surface area contributed by atoms with Crippen LogP contribution in [0.25, 0.3) is 0 Å². The molecule has 9 heavy (non-hydrogen) atoms. The summed E-state index contributed by atoms with van der Waals surface area (Å²) in [7, 11) is 0. The number of esters is 1. The minimum absolute atomic E-state index is 0.236. The first kappa shape index (κ1) is 8.94. The lowest BCUT2D eigenvalue weighted by atomic mass is 10.5. The number of hydrogen-bond donors (Lipinski definition) is 0. The van der Waals surface area contributed by atoms with Crippen molar-refractivity contribution in [2.75, 3.05) is 6.61 Å². The molecule has 0 aromatic carbocycles. The molecule has 3 heteroatoms. The molecule has 52 valence electrons. The third-order valence-corrected chi connectivity index (χ3v) is 1.79. The van der Waals surface area contributed by atoms with E-state index < -0.39 is 0 Å². The molecule has 0 saturated carbocycles. The predicted molar refractivity (Wildman–Crippen MR) is 44.4 cm³/mol. The third kappa shape index (κ3) is 3.51. The summed E-state index contributed by atoms with van der Waals surface area (Å²) >= 11 is 1.94. The van der Waals surface area contributed by atoms with Gasteiger partial charge in [0, 0.05) is 0 Å². The van der Waals surface area contributed by atoms with Crippen LogP contribution >= 0.6 is 22.6 Å². The van der Waals surface area contributed by atoms with Crippen molar-refractivity contribution in [1.82, 2.24) is 0 Å². The van der Waals surface area contributed by atoms with Crippen LogP contribution in [0.2, 0.25) is 0 Å². The largest absolute Gasteiger partial charge is 0.462 e. The van der Waals surface area contributed by atoms with Gasteiger partial charge >= 0.3 is 5.97 Å². The maximum atomic E-state index is 10.7. The van der Waals surface area contributed by atoms with Crippen LogP contribution in [-0.4, -0.2) is 12.6 Å². The van der Waals surface area contributed by atoms with Gasteiger partial charge in [-0.15, -0.1) is 0 Å². The molecular weight excluding hydrogens is 231 g/mol. The number of halogens is 1. The average Bonchev–Trinajstić information content (AvgIpc) is 1.87. The number of carbonyl (C=O) groups excluding carboxylic acids is 1. The van der Waals surface area contributed by atoms with Crippen molar-refractivity contribution in [3.63, 3.8) is 0 Å². The molecule has 0 aromatic heterocycles. The Morgan fingerprint density at radius 3 is 2.67 bits per heavy atom. The smallest absolute Gasteiger partial charge is 0.343 e. The van der Waals surface area contributed by atoms with Crippen LogP contribution in [0.15, 0.2) is 9.66 Å². The van der Waals surface area contributed by atoms with Crippen molar-refractivity contribution in [2.45, 2.75) is 13.8 Å². The molecule has 0 amide bonds. The van der Waals surface area contributed by atoms with Gasteiger partial charge in [-0.2, -0.15) is 0 Å². The lowest BCUT2D eigenvalue weighted by Gasteiger charge is -1.97.